The molecule has 2 aliphatic heterocycles. The minimum absolute atomic E-state index is 0.0101. The van der Waals surface area contributed by atoms with Gasteiger partial charge in [-0.05, 0) is 36.7 Å². The maximum atomic E-state index is 12.4. The van der Waals surface area contributed by atoms with Gasteiger partial charge in [0.25, 0.3) is 11.6 Å². The smallest absolute Gasteiger partial charge is 0.276 e. The van der Waals surface area contributed by atoms with Gasteiger partial charge in [-0.2, -0.15) is 0 Å². The molecular weight excluding hydrogens is 318 g/mol. The predicted octanol–water partition coefficient (Wildman–Crippen LogP) is 1.83. The van der Waals surface area contributed by atoms with Gasteiger partial charge < -0.3 is 10.1 Å². The fourth-order valence-electron chi connectivity index (χ4n) is 2.62. The van der Waals surface area contributed by atoms with Gasteiger partial charge in [0.1, 0.15) is 5.70 Å². The Kier molecular flexibility index (Phi) is 4.35. The van der Waals surface area contributed by atoms with Crippen LogP contribution in [0.2, 0.25) is 0 Å². The first-order valence-corrected chi connectivity index (χ1v) is 7.66. The van der Waals surface area contributed by atoms with Crippen LogP contribution in [0, 0.1) is 10.1 Å². The van der Waals surface area contributed by atoms with E-state index in [-0.39, 0.29) is 17.7 Å². The molecule has 1 N–H and O–H groups in total. The second kappa shape index (κ2) is 6.43. The van der Waals surface area contributed by atoms with Crippen LogP contribution >= 0.6 is 12.2 Å². The van der Waals surface area contributed by atoms with E-state index in [4.69, 9.17) is 17.0 Å². The van der Waals surface area contributed by atoms with Gasteiger partial charge in [-0.15, -0.1) is 0 Å². The summed E-state index contributed by atoms with van der Waals surface area (Å²) in [5, 5.41) is 14.0. The molecule has 2 aliphatic rings. The van der Waals surface area contributed by atoms with Crippen molar-refractivity contribution in [1.29, 1.82) is 0 Å². The summed E-state index contributed by atoms with van der Waals surface area (Å²) in [5.74, 6) is -0.239. The third-order valence-electron chi connectivity index (χ3n) is 3.76. The van der Waals surface area contributed by atoms with E-state index in [1.165, 1.54) is 17.0 Å². The van der Waals surface area contributed by atoms with E-state index >= 15 is 0 Å². The molecule has 120 valence electrons. The Bertz CT molecular complexity index is 698. The molecular formula is C15H15N3O4S. The molecule has 0 spiro atoms. The fraction of sp³-hybridized carbons (Fsp3) is 0.333. The van der Waals surface area contributed by atoms with Crippen molar-refractivity contribution in [2.45, 2.75) is 18.9 Å². The van der Waals surface area contributed by atoms with Crippen molar-refractivity contribution in [3.8, 4) is 0 Å². The molecule has 1 aromatic carbocycles. The monoisotopic (exact) mass is 333 g/mol. The van der Waals surface area contributed by atoms with Gasteiger partial charge in [0.05, 0.1) is 17.6 Å². The number of nitro benzene ring substituents is 1. The molecule has 7 nitrogen and oxygen atoms in total. The van der Waals surface area contributed by atoms with E-state index in [2.05, 4.69) is 5.32 Å². The van der Waals surface area contributed by atoms with Crippen LogP contribution in [0.5, 0.6) is 0 Å². The summed E-state index contributed by atoms with van der Waals surface area (Å²) in [7, 11) is 0. The largest absolute Gasteiger partial charge is 0.376 e. The number of non-ortho nitro benzene ring substituents is 1. The Morgan fingerprint density at radius 1 is 1.52 bits per heavy atom. The Labute approximate surface area is 138 Å². The number of benzene rings is 1. The highest BCUT2D eigenvalue weighted by Crippen LogP contribution is 2.20. The molecule has 1 unspecified atom stereocenters. The number of rotatable bonds is 4. The zero-order chi connectivity index (χ0) is 16.4. The number of carbonyl (C=O) groups excluding carboxylic acids is 1. The van der Waals surface area contributed by atoms with Crippen molar-refractivity contribution in [3.63, 3.8) is 0 Å². The van der Waals surface area contributed by atoms with E-state index in [0.29, 0.717) is 29.5 Å². The predicted molar refractivity (Wildman–Crippen MR) is 87.5 cm³/mol. The van der Waals surface area contributed by atoms with Gasteiger partial charge >= 0.3 is 0 Å². The van der Waals surface area contributed by atoms with Gasteiger partial charge in [-0.1, -0.05) is 12.1 Å². The van der Waals surface area contributed by atoms with Gasteiger partial charge in [0.15, 0.2) is 5.11 Å². The lowest BCUT2D eigenvalue weighted by molar-refractivity contribution is -0.384. The number of hydrogen-bond acceptors (Lipinski definition) is 5. The second-order valence-electron chi connectivity index (χ2n) is 5.39. The Morgan fingerprint density at radius 3 is 3.04 bits per heavy atom. The normalized spacial score (nSPS) is 22.7. The lowest BCUT2D eigenvalue weighted by Crippen LogP contribution is -2.37. The number of carbonyl (C=O) groups is 1. The Morgan fingerprint density at radius 2 is 2.35 bits per heavy atom. The molecule has 0 radical (unpaired) electrons. The summed E-state index contributed by atoms with van der Waals surface area (Å²) < 4.78 is 5.53. The number of amides is 1. The first kappa shape index (κ1) is 15.6. The van der Waals surface area contributed by atoms with Crippen LogP contribution in [-0.4, -0.2) is 40.1 Å². The van der Waals surface area contributed by atoms with Crippen LogP contribution in [-0.2, 0) is 9.53 Å². The molecule has 0 bridgehead atoms. The maximum Gasteiger partial charge on any atom is 0.276 e. The first-order valence-electron chi connectivity index (χ1n) is 7.25. The topological polar surface area (TPSA) is 84.7 Å². The van der Waals surface area contributed by atoms with E-state index in [1.807, 2.05) is 0 Å². The fourth-order valence-corrected chi connectivity index (χ4v) is 2.89. The van der Waals surface area contributed by atoms with Crippen LogP contribution in [0.25, 0.3) is 6.08 Å². The number of thiocarbonyl (C=S) groups is 1. The molecule has 0 saturated carbocycles. The van der Waals surface area contributed by atoms with Crippen LogP contribution in [0.4, 0.5) is 5.69 Å². The van der Waals surface area contributed by atoms with Crippen molar-refractivity contribution < 1.29 is 14.5 Å². The summed E-state index contributed by atoms with van der Waals surface area (Å²) in [5.41, 5.74) is 0.855. The molecule has 1 aromatic rings. The van der Waals surface area contributed by atoms with Crippen LogP contribution in [0.1, 0.15) is 18.4 Å². The molecule has 1 atom stereocenters. The summed E-state index contributed by atoms with van der Waals surface area (Å²) >= 11 is 5.20. The number of hydrogen-bond donors (Lipinski definition) is 1. The third-order valence-corrected chi connectivity index (χ3v) is 4.09. The molecule has 0 aliphatic carbocycles. The van der Waals surface area contributed by atoms with Gasteiger partial charge in [-0.25, -0.2) is 0 Å². The molecule has 1 amide bonds. The van der Waals surface area contributed by atoms with Crippen molar-refractivity contribution in [1.82, 2.24) is 10.2 Å². The summed E-state index contributed by atoms with van der Waals surface area (Å²) in [4.78, 5) is 24.3. The highest BCUT2D eigenvalue weighted by molar-refractivity contribution is 7.80. The Balaban J connectivity index is 1.78. The van der Waals surface area contributed by atoms with Crippen LogP contribution < -0.4 is 5.32 Å². The molecule has 3 rings (SSSR count). The van der Waals surface area contributed by atoms with E-state index in [0.717, 1.165) is 12.8 Å². The van der Waals surface area contributed by atoms with Crippen LogP contribution in [0.15, 0.2) is 30.0 Å². The standard InChI is InChI=1S/C15H15N3O4S/c19-14-13(8-10-3-1-4-11(7-10)18(20)21)16-15(23)17(14)9-12-5-2-6-22-12/h1,3-4,7-8,12H,2,5-6,9H2,(H,16,23)/b13-8+. The zero-order valence-corrected chi connectivity index (χ0v) is 13.0. The molecule has 2 fully saturated rings. The van der Waals surface area contributed by atoms with E-state index in [1.54, 1.807) is 18.2 Å². The van der Waals surface area contributed by atoms with Gasteiger partial charge in [0.2, 0.25) is 0 Å². The number of nitrogens with one attached hydrogen (secondary N) is 1. The van der Waals surface area contributed by atoms with Crippen LogP contribution in [0.3, 0.4) is 0 Å². The Hall–Kier alpha value is -2.32. The quantitative estimate of drug-likeness (QED) is 0.392. The lowest BCUT2D eigenvalue weighted by Gasteiger charge is -2.18. The summed E-state index contributed by atoms with van der Waals surface area (Å²) in [6.45, 7) is 1.14. The van der Waals surface area contributed by atoms with E-state index < -0.39 is 4.92 Å². The molecule has 2 heterocycles. The highest BCUT2D eigenvalue weighted by Gasteiger charge is 2.33. The molecule has 0 aromatic heterocycles. The molecule has 8 heteroatoms. The number of ether oxygens (including phenoxy) is 1. The number of nitrogens with zero attached hydrogens (tertiary/aromatic N) is 2. The zero-order valence-electron chi connectivity index (χ0n) is 12.2. The minimum Gasteiger partial charge on any atom is -0.376 e. The maximum absolute atomic E-state index is 12.4. The first-order chi connectivity index (χ1) is 11.0. The molecule has 23 heavy (non-hydrogen) atoms. The average Bonchev–Trinajstić information content (AvgIpc) is 3.12. The highest BCUT2D eigenvalue weighted by atomic mass is 32.1. The van der Waals surface area contributed by atoms with Gasteiger partial charge in [0, 0.05) is 18.7 Å². The van der Waals surface area contributed by atoms with Crippen molar-refractivity contribution >= 4 is 35.0 Å². The molecule has 2 saturated heterocycles. The summed E-state index contributed by atoms with van der Waals surface area (Å²) in [6, 6.07) is 6.08. The van der Waals surface area contributed by atoms with Gasteiger partial charge in [-0.3, -0.25) is 19.8 Å². The minimum atomic E-state index is -0.472. The van der Waals surface area contributed by atoms with Crippen molar-refractivity contribution in [2.75, 3.05) is 13.2 Å². The third kappa shape index (κ3) is 3.38. The van der Waals surface area contributed by atoms with Crippen molar-refractivity contribution in [2.24, 2.45) is 0 Å². The lowest BCUT2D eigenvalue weighted by atomic mass is 10.1. The summed E-state index contributed by atoms with van der Waals surface area (Å²) in [6.07, 6.45) is 3.48. The SMILES string of the molecule is O=C1/C(=C\c2cccc([N+](=O)[O-])c2)NC(=S)N1CC1CCCO1. The van der Waals surface area contributed by atoms with E-state index in [9.17, 15) is 14.9 Å². The number of nitro groups is 1. The second-order valence-corrected chi connectivity index (χ2v) is 5.78. The van der Waals surface area contributed by atoms with Crippen molar-refractivity contribution in [3.05, 3.63) is 45.6 Å². The average molecular weight is 333 g/mol.